The summed E-state index contributed by atoms with van der Waals surface area (Å²) >= 11 is 4.75. The van der Waals surface area contributed by atoms with Gasteiger partial charge in [-0.2, -0.15) is 0 Å². The Morgan fingerprint density at radius 2 is 1.31 bits per heavy atom. The Labute approximate surface area is 405 Å². The summed E-state index contributed by atoms with van der Waals surface area (Å²) in [6.45, 7) is 1.08. The number of carbonyl (C=O) groups is 8. The van der Waals surface area contributed by atoms with Crippen molar-refractivity contribution in [1.82, 2.24) is 26.6 Å². The van der Waals surface area contributed by atoms with Crippen LogP contribution in [0, 0.1) is 0 Å². The van der Waals surface area contributed by atoms with E-state index in [1.807, 2.05) is 30.3 Å². The molecule has 2 aliphatic heterocycles. The summed E-state index contributed by atoms with van der Waals surface area (Å²) < 4.78 is 6.04. The normalized spacial score (nSPS) is 20.0. The zero-order chi connectivity index (χ0) is 48.6. The van der Waals surface area contributed by atoms with Crippen molar-refractivity contribution in [3.05, 3.63) is 158 Å². The molecule has 7 N–H and O–H groups in total. The first-order valence-electron chi connectivity index (χ1n) is 21.8. The minimum absolute atomic E-state index is 0.00170. The number of aliphatic carboxylic acids is 1. The lowest BCUT2D eigenvalue weighted by Crippen LogP contribution is -2.60. The molecule has 68 heavy (non-hydrogen) atoms. The predicted octanol–water partition coefficient (Wildman–Crippen LogP) is 4.20. The number of carboxylic acids is 1. The van der Waals surface area contributed by atoms with Crippen LogP contribution < -0.4 is 31.9 Å². The van der Waals surface area contributed by atoms with Crippen LogP contribution in [-0.4, -0.2) is 88.8 Å². The monoisotopic (exact) mass is 1010 g/mol. The minimum atomic E-state index is -1.61. The number of aryl methyl sites for hydroxylation is 1. The zero-order valence-electron chi connectivity index (χ0n) is 36.9. The number of carboxylic acid groups (broad SMARTS) is 1. The molecule has 18 heteroatoms. The summed E-state index contributed by atoms with van der Waals surface area (Å²) in [5.74, 6) is -6.86. The second-order valence-corrected chi connectivity index (χ2v) is 18.2. The molecule has 16 nitrogen and oxygen atoms in total. The Morgan fingerprint density at radius 3 is 1.93 bits per heavy atom. The molecule has 0 spiro atoms. The van der Waals surface area contributed by atoms with E-state index >= 15 is 0 Å². The van der Waals surface area contributed by atoms with E-state index in [9.17, 15) is 43.5 Å². The maximum Gasteiger partial charge on any atom is 0.326 e. The van der Waals surface area contributed by atoms with Crippen molar-refractivity contribution < 1.29 is 48.2 Å². The van der Waals surface area contributed by atoms with Gasteiger partial charge >= 0.3 is 11.9 Å². The third-order valence-electron chi connectivity index (χ3n) is 11.0. The number of hydrogen-bond donors (Lipinski definition) is 7. The van der Waals surface area contributed by atoms with Gasteiger partial charge in [0.1, 0.15) is 30.2 Å². The maximum absolute atomic E-state index is 14.6. The molecule has 7 rings (SSSR count). The Balaban J connectivity index is 1.39. The molecule has 2 aliphatic rings. The number of carbonyl (C=O) groups excluding carboxylic acids is 7. The van der Waals surface area contributed by atoms with E-state index in [0.29, 0.717) is 28.0 Å². The molecule has 354 valence electrons. The molecule has 2 bridgehead atoms. The number of fused-ring (bicyclic) bond motifs is 18. The van der Waals surface area contributed by atoms with Crippen LogP contribution in [-0.2, 0) is 75.2 Å². The number of nitrogens with one attached hydrogen (secondary N) is 6. The summed E-state index contributed by atoms with van der Waals surface area (Å²) in [5, 5.41) is 28.3. The van der Waals surface area contributed by atoms with Gasteiger partial charge in [0.2, 0.25) is 29.5 Å². The number of thiophene rings is 1. The topological polar surface area (TPSA) is 238 Å². The van der Waals surface area contributed by atoms with Gasteiger partial charge in [-0.25, -0.2) is 4.79 Å². The molecule has 4 aromatic carbocycles. The maximum atomic E-state index is 14.6. The van der Waals surface area contributed by atoms with Crippen molar-refractivity contribution in [2.45, 2.75) is 88.2 Å². The Bertz CT molecular complexity index is 2550. The second-order valence-electron chi connectivity index (χ2n) is 16.2. The van der Waals surface area contributed by atoms with E-state index in [0.717, 1.165) is 17.0 Å². The second kappa shape index (κ2) is 24.5. The zero-order valence-corrected chi connectivity index (χ0v) is 39.3. The molecule has 1 aromatic heterocycles. The number of amides is 6. The van der Waals surface area contributed by atoms with E-state index < -0.39 is 90.1 Å². The number of esters is 1. The Morgan fingerprint density at radius 1 is 0.691 bits per heavy atom. The van der Waals surface area contributed by atoms with E-state index in [1.54, 1.807) is 84.2 Å². The lowest BCUT2D eigenvalue weighted by atomic mass is 10.00. The average Bonchev–Trinajstić information content (AvgIpc) is 3.84. The van der Waals surface area contributed by atoms with Crippen molar-refractivity contribution in [1.29, 1.82) is 0 Å². The summed E-state index contributed by atoms with van der Waals surface area (Å²) in [6.07, 6.45) is -2.17. The standard InChI is InChI=1S/C50H51BrN6O10S/c1-30(58)67-43-29-44(59)53-41(28-37-13-8-24-68-37)48(63)56-39(25-33-14-19-35(51)20-15-33)46(61)54-38(23-18-31-9-4-2-5-10-31)45(60)55-40(26-34-16-21-36(22-17-34)52-49(43)64)47(62)57-42(50(65)66)27-32-11-6-3-7-12-32/h2-17,19-22,24,38-43H,18,23,25-29H2,1H3,(H,52,64)(H,53,59)(H,54,61)(H,55,60)(H,56,63)(H,57,62)(H,65,66)/t38-,39+,40+,41-,42-,43+/m0/s1. The quantitative estimate of drug-likeness (QED) is 0.0656. The van der Waals surface area contributed by atoms with Crippen LogP contribution in [0.3, 0.4) is 0 Å². The highest BCUT2D eigenvalue weighted by Gasteiger charge is 2.34. The summed E-state index contributed by atoms with van der Waals surface area (Å²) in [6, 6.07) is 28.0. The Hall–Kier alpha value is -7.18. The molecule has 0 aliphatic carbocycles. The van der Waals surface area contributed by atoms with Crippen molar-refractivity contribution in [3.63, 3.8) is 0 Å². The molecular weight excluding hydrogens is 957 g/mol. The van der Waals surface area contributed by atoms with Crippen LogP contribution in [0.15, 0.2) is 131 Å². The highest BCUT2D eigenvalue weighted by atomic mass is 79.9. The molecule has 3 heterocycles. The summed E-state index contributed by atoms with van der Waals surface area (Å²) in [4.78, 5) is 111. The molecule has 0 saturated heterocycles. The van der Waals surface area contributed by atoms with Crippen LogP contribution in [0.1, 0.15) is 46.9 Å². The van der Waals surface area contributed by atoms with Crippen molar-refractivity contribution in [3.8, 4) is 0 Å². The molecule has 0 unspecified atom stereocenters. The highest BCUT2D eigenvalue weighted by Crippen LogP contribution is 2.18. The van der Waals surface area contributed by atoms with E-state index in [1.165, 1.54) is 23.5 Å². The number of rotatable bonds is 13. The van der Waals surface area contributed by atoms with Crippen molar-refractivity contribution in [2.24, 2.45) is 0 Å². The van der Waals surface area contributed by atoms with Crippen molar-refractivity contribution >= 4 is 80.3 Å². The van der Waals surface area contributed by atoms with E-state index in [-0.39, 0.29) is 37.8 Å². The number of ether oxygens (including phenoxy) is 1. The van der Waals surface area contributed by atoms with E-state index in [4.69, 9.17) is 4.74 Å². The summed E-state index contributed by atoms with van der Waals surface area (Å²) in [7, 11) is 0. The molecular formula is C50H51BrN6O10S. The van der Waals surface area contributed by atoms with Gasteiger partial charge in [-0.3, -0.25) is 33.6 Å². The number of halogens is 1. The van der Waals surface area contributed by atoms with Crippen molar-refractivity contribution in [2.75, 3.05) is 5.32 Å². The fourth-order valence-corrected chi connectivity index (χ4v) is 8.49. The molecule has 0 radical (unpaired) electrons. The van der Waals surface area contributed by atoms with Crippen LogP contribution >= 0.6 is 27.3 Å². The first-order valence-corrected chi connectivity index (χ1v) is 23.5. The largest absolute Gasteiger partial charge is 0.480 e. The molecule has 6 amide bonds. The highest BCUT2D eigenvalue weighted by molar-refractivity contribution is 9.10. The number of hydrogen-bond acceptors (Lipinski definition) is 10. The van der Waals surface area contributed by atoms with Crippen LogP contribution in [0.4, 0.5) is 5.69 Å². The first kappa shape index (κ1) is 50.2. The fourth-order valence-electron chi connectivity index (χ4n) is 7.47. The number of benzene rings is 4. The first-order chi connectivity index (χ1) is 32.7. The molecule has 0 saturated carbocycles. The Kier molecular flexibility index (Phi) is 18.1. The lowest BCUT2D eigenvalue weighted by Gasteiger charge is -2.27. The van der Waals surface area contributed by atoms with Crippen LogP contribution in [0.5, 0.6) is 0 Å². The average molecular weight is 1010 g/mol. The van der Waals surface area contributed by atoms with E-state index in [2.05, 4.69) is 47.8 Å². The van der Waals surface area contributed by atoms with Gasteiger partial charge in [-0.05, 0) is 70.8 Å². The lowest BCUT2D eigenvalue weighted by molar-refractivity contribution is -0.153. The van der Waals surface area contributed by atoms with Gasteiger partial charge < -0.3 is 41.7 Å². The van der Waals surface area contributed by atoms with Gasteiger partial charge in [0.25, 0.3) is 5.91 Å². The van der Waals surface area contributed by atoms with Crippen LogP contribution in [0.25, 0.3) is 0 Å². The molecule has 0 fully saturated rings. The predicted molar refractivity (Wildman–Crippen MR) is 257 cm³/mol. The third-order valence-corrected chi connectivity index (χ3v) is 12.4. The molecule has 6 atom stereocenters. The van der Waals surface area contributed by atoms with Gasteiger partial charge in [-0.1, -0.05) is 107 Å². The van der Waals surface area contributed by atoms with Gasteiger partial charge in [0, 0.05) is 47.6 Å². The van der Waals surface area contributed by atoms with Crippen LogP contribution in [0.2, 0.25) is 0 Å². The SMILES string of the molecule is CC(=O)O[C@@H]1CC(=O)N[C@@H](Cc2cccs2)C(=O)N[C@H](Cc2ccc(Br)cc2)C(=O)N[C@@H](CCc2ccccc2)C(=O)N[C@@H](C(=O)N[C@@H](Cc2ccccc2)C(=O)O)Cc2ccc(cc2)NC1=O. The van der Waals surface area contributed by atoms with Gasteiger partial charge in [0.15, 0.2) is 6.10 Å². The van der Waals surface area contributed by atoms with Gasteiger partial charge in [-0.15, -0.1) is 11.3 Å². The fraction of sp³-hybridized carbons (Fsp3) is 0.280. The smallest absolute Gasteiger partial charge is 0.326 e. The minimum Gasteiger partial charge on any atom is -0.480 e. The molecule has 5 aromatic rings. The number of anilines is 1. The summed E-state index contributed by atoms with van der Waals surface area (Å²) in [5.41, 5.74) is 2.86. The van der Waals surface area contributed by atoms with Gasteiger partial charge in [0.05, 0.1) is 6.42 Å². The third kappa shape index (κ3) is 15.4.